The van der Waals surface area contributed by atoms with Crippen LogP contribution in [-0.2, 0) is 11.2 Å². The molecule has 1 atom stereocenters. The highest BCUT2D eigenvalue weighted by molar-refractivity contribution is 5.62. The summed E-state index contributed by atoms with van der Waals surface area (Å²) in [5, 5.41) is 0. The standard InChI is InChI=1S/C25H27FN4O/c26-22-10-8-21(9-11-22)24(18-31)30-16-14-29(15-17-30)13-12-19-4-6-20(7-5-19)23-2-1-3-25(27)28-23/h1-11,18,24H,12-17H2,(H2,27,28). The van der Waals surface area contributed by atoms with Crippen LogP contribution in [0.1, 0.15) is 17.2 Å². The number of hydrogen-bond acceptors (Lipinski definition) is 5. The summed E-state index contributed by atoms with van der Waals surface area (Å²) in [5.74, 6) is 0.243. The van der Waals surface area contributed by atoms with Crippen molar-refractivity contribution < 1.29 is 9.18 Å². The highest BCUT2D eigenvalue weighted by Crippen LogP contribution is 2.22. The zero-order valence-electron chi connectivity index (χ0n) is 17.5. The molecule has 2 N–H and O–H groups in total. The highest BCUT2D eigenvalue weighted by atomic mass is 19.1. The maximum Gasteiger partial charge on any atom is 0.141 e. The number of benzene rings is 2. The van der Waals surface area contributed by atoms with Crippen LogP contribution < -0.4 is 5.73 Å². The van der Waals surface area contributed by atoms with Crippen LogP contribution in [-0.4, -0.2) is 53.8 Å². The number of aldehydes is 1. The van der Waals surface area contributed by atoms with E-state index >= 15 is 0 Å². The lowest BCUT2D eigenvalue weighted by molar-refractivity contribution is -0.113. The molecule has 0 bridgehead atoms. The van der Waals surface area contributed by atoms with Gasteiger partial charge < -0.3 is 15.4 Å². The maximum absolute atomic E-state index is 13.2. The van der Waals surface area contributed by atoms with Crippen LogP contribution in [0.2, 0.25) is 0 Å². The third-order valence-electron chi connectivity index (χ3n) is 5.88. The molecular formula is C25H27FN4O. The Balaban J connectivity index is 1.28. The number of aromatic nitrogens is 1. The fourth-order valence-corrected chi connectivity index (χ4v) is 4.04. The number of rotatable bonds is 7. The first-order valence-corrected chi connectivity index (χ1v) is 10.6. The van der Waals surface area contributed by atoms with Crippen molar-refractivity contribution >= 4 is 12.1 Å². The summed E-state index contributed by atoms with van der Waals surface area (Å²) in [6.45, 7) is 4.45. The Labute approximate surface area is 182 Å². The summed E-state index contributed by atoms with van der Waals surface area (Å²) in [4.78, 5) is 20.6. The molecule has 1 saturated heterocycles. The first-order valence-electron chi connectivity index (χ1n) is 10.6. The predicted octanol–water partition coefficient (Wildman–Crippen LogP) is 3.57. The lowest BCUT2D eigenvalue weighted by Gasteiger charge is -2.37. The van der Waals surface area contributed by atoms with E-state index in [2.05, 4.69) is 39.0 Å². The molecule has 0 radical (unpaired) electrons. The number of carbonyl (C=O) groups excluding carboxylic acids is 1. The Morgan fingerprint density at radius 3 is 2.32 bits per heavy atom. The molecule has 160 valence electrons. The molecule has 1 unspecified atom stereocenters. The smallest absolute Gasteiger partial charge is 0.141 e. The molecular weight excluding hydrogens is 391 g/mol. The Hall–Kier alpha value is -3.09. The summed E-state index contributed by atoms with van der Waals surface area (Å²) in [5.41, 5.74) is 9.85. The van der Waals surface area contributed by atoms with Crippen molar-refractivity contribution in [2.24, 2.45) is 0 Å². The molecule has 2 heterocycles. The van der Waals surface area contributed by atoms with Crippen molar-refractivity contribution in [1.82, 2.24) is 14.8 Å². The van der Waals surface area contributed by atoms with Gasteiger partial charge in [-0.1, -0.05) is 42.5 Å². The van der Waals surface area contributed by atoms with Gasteiger partial charge in [-0.3, -0.25) is 4.90 Å². The molecule has 0 saturated carbocycles. The summed E-state index contributed by atoms with van der Waals surface area (Å²) >= 11 is 0. The van der Waals surface area contributed by atoms with Crippen LogP contribution in [0.15, 0.2) is 66.7 Å². The zero-order chi connectivity index (χ0) is 21.6. The van der Waals surface area contributed by atoms with Gasteiger partial charge in [-0.05, 0) is 41.8 Å². The van der Waals surface area contributed by atoms with E-state index in [0.29, 0.717) is 5.82 Å². The Bertz CT molecular complexity index is 999. The largest absolute Gasteiger partial charge is 0.384 e. The molecule has 2 aromatic carbocycles. The van der Waals surface area contributed by atoms with E-state index in [4.69, 9.17) is 5.73 Å². The second-order valence-electron chi connectivity index (χ2n) is 7.90. The Morgan fingerprint density at radius 2 is 1.68 bits per heavy atom. The molecule has 0 amide bonds. The molecule has 1 aromatic heterocycles. The van der Waals surface area contributed by atoms with Crippen LogP contribution in [0.5, 0.6) is 0 Å². The van der Waals surface area contributed by atoms with Gasteiger partial charge in [0.15, 0.2) is 0 Å². The second kappa shape index (κ2) is 9.81. The topological polar surface area (TPSA) is 62.5 Å². The van der Waals surface area contributed by atoms with Crippen molar-refractivity contribution in [2.45, 2.75) is 12.5 Å². The average Bonchev–Trinajstić information content (AvgIpc) is 2.80. The van der Waals surface area contributed by atoms with Crippen molar-refractivity contribution in [3.8, 4) is 11.3 Å². The van der Waals surface area contributed by atoms with Crippen LogP contribution in [0.3, 0.4) is 0 Å². The molecule has 1 fully saturated rings. The molecule has 1 aliphatic heterocycles. The lowest BCUT2D eigenvalue weighted by atomic mass is 10.0. The van der Waals surface area contributed by atoms with Crippen LogP contribution in [0.4, 0.5) is 10.2 Å². The number of carbonyl (C=O) groups is 1. The molecule has 3 aromatic rings. The second-order valence-corrected chi connectivity index (χ2v) is 7.90. The first kappa shape index (κ1) is 21.2. The Morgan fingerprint density at radius 1 is 0.968 bits per heavy atom. The molecule has 0 spiro atoms. The van der Waals surface area contributed by atoms with E-state index in [9.17, 15) is 9.18 Å². The predicted molar refractivity (Wildman–Crippen MR) is 121 cm³/mol. The molecule has 1 aliphatic rings. The number of halogens is 1. The van der Waals surface area contributed by atoms with Gasteiger partial charge in [-0.15, -0.1) is 0 Å². The molecule has 0 aliphatic carbocycles. The highest BCUT2D eigenvalue weighted by Gasteiger charge is 2.24. The van der Waals surface area contributed by atoms with Gasteiger partial charge in [0.2, 0.25) is 0 Å². The fraction of sp³-hybridized carbons (Fsp3) is 0.280. The minimum absolute atomic E-state index is 0.282. The minimum Gasteiger partial charge on any atom is -0.384 e. The van der Waals surface area contributed by atoms with E-state index in [1.807, 2.05) is 12.1 Å². The number of nitrogens with two attached hydrogens (primary N) is 1. The summed E-state index contributed by atoms with van der Waals surface area (Å²) in [6, 6.07) is 20.0. The third kappa shape index (κ3) is 5.34. The number of nitrogen functional groups attached to an aromatic ring is 1. The van der Waals surface area contributed by atoms with E-state index in [0.717, 1.165) is 62.3 Å². The number of nitrogens with zero attached hydrogens (tertiary/aromatic N) is 3. The van der Waals surface area contributed by atoms with Crippen LogP contribution >= 0.6 is 0 Å². The van der Waals surface area contributed by atoms with Gasteiger partial charge in [-0.2, -0.15) is 0 Å². The number of hydrogen-bond donors (Lipinski definition) is 1. The summed E-state index contributed by atoms with van der Waals surface area (Å²) in [6.07, 6.45) is 1.93. The minimum atomic E-state index is -0.309. The van der Waals surface area contributed by atoms with Crippen LogP contribution in [0.25, 0.3) is 11.3 Å². The quantitative estimate of drug-likeness (QED) is 0.595. The van der Waals surface area contributed by atoms with Gasteiger partial charge in [0.1, 0.15) is 17.9 Å². The molecule has 6 heteroatoms. The monoisotopic (exact) mass is 418 g/mol. The van der Waals surface area contributed by atoms with Gasteiger partial charge >= 0.3 is 0 Å². The van der Waals surface area contributed by atoms with Gasteiger partial charge in [0.05, 0.1) is 11.7 Å². The Kier molecular flexibility index (Phi) is 6.70. The van der Waals surface area contributed by atoms with Crippen molar-refractivity contribution in [1.29, 1.82) is 0 Å². The van der Waals surface area contributed by atoms with Crippen molar-refractivity contribution in [3.63, 3.8) is 0 Å². The van der Waals surface area contributed by atoms with E-state index < -0.39 is 0 Å². The lowest BCUT2D eigenvalue weighted by Crippen LogP contribution is -2.48. The summed E-state index contributed by atoms with van der Waals surface area (Å²) in [7, 11) is 0. The normalized spacial score (nSPS) is 16.2. The first-order chi connectivity index (χ1) is 15.1. The maximum atomic E-state index is 13.2. The SMILES string of the molecule is Nc1cccc(-c2ccc(CCN3CCN(C(C=O)c4ccc(F)cc4)CC3)cc2)n1. The average molecular weight is 419 g/mol. The number of pyridine rings is 1. The van der Waals surface area contributed by atoms with E-state index in [-0.39, 0.29) is 11.9 Å². The third-order valence-corrected chi connectivity index (χ3v) is 5.88. The molecule has 31 heavy (non-hydrogen) atoms. The van der Waals surface area contributed by atoms with Crippen molar-refractivity contribution in [3.05, 3.63) is 83.7 Å². The number of piperazine rings is 1. The van der Waals surface area contributed by atoms with Gasteiger partial charge in [0.25, 0.3) is 0 Å². The molecule has 4 rings (SSSR count). The fourth-order valence-electron chi connectivity index (χ4n) is 4.04. The summed E-state index contributed by atoms with van der Waals surface area (Å²) < 4.78 is 13.2. The van der Waals surface area contributed by atoms with E-state index in [1.165, 1.54) is 17.7 Å². The van der Waals surface area contributed by atoms with Gasteiger partial charge in [0, 0.05) is 38.3 Å². The van der Waals surface area contributed by atoms with E-state index in [1.54, 1.807) is 18.2 Å². The zero-order valence-corrected chi connectivity index (χ0v) is 17.5. The molecule has 5 nitrogen and oxygen atoms in total. The van der Waals surface area contributed by atoms with Crippen molar-refractivity contribution in [2.75, 3.05) is 38.5 Å². The van der Waals surface area contributed by atoms with Crippen LogP contribution in [0, 0.1) is 5.82 Å². The number of anilines is 1. The van der Waals surface area contributed by atoms with Gasteiger partial charge in [-0.25, -0.2) is 9.37 Å².